The molecule has 3 N–H and O–H groups in total. The number of halogens is 2. The number of nitrogens with two attached hydrogens (primary N) is 1. The molecule has 1 saturated heterocycles. The summed E-state index contributed by atoms with van der Waals surface area (Å²) < 4.78 is 41.0. The summed E-state index contributed by atoms with van der Waals surface area (Å²) in [7, 11) is -3.87. The van der Waals surface area contributed by atoms with Crippen molar-refractivity contribution < 1.29 is 12.8 Å². The quantitative estimate of drug-likeness (QED) is 0.803. The molecule has 1 aromatic rings. The average Bonchev–Trinajstić information content (AvgIpc) is 2.34. The first-order chi connectivity index (χ1) is 8.90. The Labute approximate surface area is 124 Å². The molecule has 8 heteroatoms. The van der Waals surface area contributed by atoms with Crippen LogP contribution in [0.5, 0.6) is 0 Å². The Bertz CT molecular complexity index is 574. The molecule has 4 nitrogen and oxygen atoms in total. The highest BCUT2D eigenvalue weighted by molar-refractivity contribution is 9.10. The number of sulfonamides is 1. The van der Waals surface area contributed by atoms with E-state index in [-0.39, 0.29) is 11.7 Å². The lowest BCUT2D eigenvalue weighted by Crippen LogP contribution is -2.38. The van der Waals surface area contributed by atoms with Gasteiger partial charge < -0.3 is 5.73 Å². The molecule has 0 radical (unpaired) electrons. The zero-order valence-electron chi connectivity index (χ0n) is 10.0. The fourth-order valence-electron chi connectivity index (χ4n) is 1.87. The largest absolute Gasteiger partial charge is 0.398 e. The minimum Gasteiger partial charge on any atom is -0.398 e. The van der Waals surface area contributed by atoms with E-state index in [1.165, 1.54) is 0 Å². The van der Waals surface area contributed by atoms with Crippen molar-refractivity contribution in [2.24, 2.45) is 0 Å². The van der Waals surface area contributed by atoms with Crippen LogP contribution in [0.2, 0.25) is 0 Å². The first-order valence-corrected chi connectivity index (χ1v) is 9.18. The number of benzene rings is 1. The van der Waals surface area contributed by atoms with Gasteiger partial charge in [-0.15, -0.1) is 0 Å². The fourth-order valence-corrected chi connectivity index (χ4v) is 4.73. The van der Waals surface area contributed by atoms with Crippen molar-refractivity contribution in [1.29, 1.82) is 0 Å². The summed E-state index contributed by atoms with van der Waals surface area (Å²) in [6.45, 7) is 0. The van der Waals surface area contributed by atoms with Crippen LogP contribution in [0.3, 0.4) is 0 Å². The zero-order valence-corrected chi connectivity index (χ0v) is 13.2. The minimum atomic E-state index is -3.87. The number of anilines is 1. The lowest BCUT2D eigenvalue weighted by atomic mass is 10.2. The van der Waals surface area contributed by atoms with Crippen molar-refractivity contribution in [3.8, 4) is 0 Å². The van der Waals surface area contributed by atoms with Crippen LogP contribution in [0, 0.1) is 5.82 Å². The summed E-state index contributed by atoms with van der Waals surface area (Å²) in [5, 5.41) is 0. The highest BCUT2D eigenvalue weighted by atomic mass is 79.9. The van der Waals surface area contributed by atoms with E-state index in [2.05, 4.69) is 20.7 Å². The van der Waals surface area contributed by atoms with E-state index in [0.29, 0.717) is 10.2 Å². The predicted molar refractivity (Wildman–Crippen MR) is 79.2 cm³/mol. The van der Waals surface area contributed by atoms with Gasteiger partial charge >= 0.3 is 0 Å². The maximum atomic E-state index is 13.8. The third-order valence-corrected chi connectivity index (χ3v) is 6.26. The third kappa shape index (κ3) is 3.62. The van der Waals surface area contributed by atoms with Crippen LogP contribution in [0.25, 0.3) is 0 Å². The molecular formula is C11H14BrFN2O2S2. The van der Waals surface area contributed by atoms with Gasteiger partial charge in [-0.3, -0.25) is 0 Å². The third-order valence-electron chi connectivity index (χ3n) is 2.82. The molecule has 0 aliphatic carbocycles. The summed E-state index contributed by atoms with van der Waals surface area (Å²) in [6, 6.07) is 2.06. The second kappa shape index (κ2) is 5.99. The van der Waals surface area contributed by atoms with Gasteiger partial charge in [-0.2, -0.15) is 11.8 Å². The molecule has 0 amide bonds. The Morgan fingerprint density at radius 1 is 1.47 bits per heavy atom. The first-order valence-electron chi connectivity index (χ1n) is 5.75. The van der Waals surface area contributed by atoms with Crippen LogP contribution in [0.1, 0.15) is 12.8 Å². The standard InChI is InChI=1S/C11H14BrFN2O2S2/c12-8-4-9(13)11(5-10(8)14)19(16,17)15-7-2-1-3-18-6-7/h4-5,7,15H,1-3,6,14H2. The second-order valence-electron chi connectivity index (χ2n) is 4.34. The predicted octanol–water partition coefficient (Wildman–Crippen LogP) is 2.34. The monoisotopic (exact) mass is 368 g/mol. The van der Waals surface area contributed by atoms with Crippen molar-refractivity contribution in [3.05, 3.63) is 22.4 Å². The van der Waals surface area contributed by atoms with Crippen LogP contribution in [-0.2, 0) is 10.0 Å². The first kappa shape index (κ1) is 15.1. The molecule has 1 heterocycles. The van der Waals surface area contributed by atoms with Gasteiger partial charge in [0.2, 0.25) is 10.0 Å². The van der Waals surface area contributed by atoms with E-state index >= 15 is 0 Å². The van der Waals surface area contributed by atoms with Crippen molar-refractivity contribution >= 4 is 43.4 Å². The lowest BCUT2D eigenvalue weighted by molar-refractivity contribution is 0.530. The van der Waals surface area contributed by atoms with E-state index in [9.17, 15) is 12.8 Å². The van der Waals surface area contributed by atoms with Crippen LogP contribution in [0.4, 0.5) is 10.1 Å². The Morgan fingerprint density at radius 3 is 2.84 bits per heavy atom. The van der Waals surface area contributed by atoms with Gasteiger partial charge in [0.05, 0.1) is 0 Å². The Kier molecular flexibility index (Phi) is 4.75. The summed E-state index contributed by atoms with van der Waals surface area (Å²) >= 11 is 4.76. The molecular weight excluding hydrogens is 355 g/mol. The number of hydrogen-bond donors (Lipinski definition) is 2. The van der Waals surface area contributed by atoms with Gasteiger partial charge in [0.15, 0.2) is 0 Å². The van der Waals surface area contributed by atoms with Crippen molar-refractivity contribution in [3.63, 3.8) is 0 Å². The molecule has 0 aromatic heterocycles. The summed E-state index contributed by atoms with van der Waals surface area (Å²) in [5.41, 5.74) is 5.80. The fraction of sp³-hybridized carbons (Fsp3) is 0.455. The van der Waals surface area contributed by atoms with Gasteiger partial charge in [-0.1, -0.05) is 0 Å². The number of thioether (sulfide) groups is 1. The average molecular weight is 369 g/mol. The van der Waals surface area contributed by atoms with Gasteiger partial charge in [-0.05, 0) is 46.7 Å². The molecule has 2 rings (SSSR count). The van der Waals surface area contributed by atoms with Gasteiger partial charge in [0.1, 0.15) is 10.7 Å². The molecule has 0 saturated carbocycles. The summed E-state index contributed by atoms with van der Waals surface area (Å²) in [6.07, 6.45) is 1.74. The molecule has 1 unspecified atom stereocenters. The minimum absolute atomic E-state index is 0.145. The summed E-state index contributed by atoms with van der Waals surface area (Å²) in [5.74, 6) is 0.946. The van der Waals surface area contributed by atoms with Crippen LogP contribution in [-0.4, -0.2) is 26.0 Å². The Morgan fingerprint density at radius 2 is 2.21 bits per heavy atom. The molecule has 19 heavy (non-hydrogen) atoms. The highest BCUT2D eigenvalue weighted by Gasteiger charge is 2.25. The Hall–Kier alpha value is -0.310. The topological polar surface area (TPSA) is 72.2 Å². The molecule has 1 aliphatic rings. The molecule has 1 aliphatic heterocycles. The normalized spacial score (nSPS) is 20.4. The lowest BCUT2D eigenvalue weighted by Gasteiger charge is -2.22. The van der Waals surface area contributed by atoms with Crippen molar-refractivity contribution in [2.45, 2.75) is 23.8 Å². The smallest absolute Gasteiger partial charge is 0.243 e. The van der Waals surface area contributed by atoms with E-state index in [0.717, 1.165) is 30.7 Å². The van der Waals surface area contributed by atoms with Gasteiger partial charge in [0.25, 0.3) is 0 Å². The van der Waals surface area contributed by atoms with Gasteiger partial charge in [0, 0.05) is 22.0 Å². The second-order valence-corrected chi connectivity index (χ2v) is 8.03. The number of nitrogens with one attached hydrogen (secondary N) is 1. The van der Waals surface area contributed by atoms with Crippen molar-refractivity contribution in [2.75, 3.05) is 17.2 Å². The van der Waals surface area contributed by atoms with Crippen LogP contribution < -0.4 is 10.5 Å². The number of nitrogen functional groups attached to an aromatic ring is 1. The van der Waals surface area contributed by atoms with Gasteiger partial charge in [-0.25, -0.2) is 17.5 Å². The van der Waals surface area contributed by atoms with E-state index in [4.69, 9.17) is 5.73 Å². The molecule has 1 fully saturated rings. The Balaban J connectivity index is 2.26. The molecule has 0 spiro atoms. The summed E-state index contributed by atoms with van der Waals surface area (Å²) in [4.78, 5) is -0.399. The number of rotatable bonds is 3. The molecule has 1 atom stereocenters. The van der Waals surface area contributed by atoms with E-state index in [1.807, 2.05) is 0 Å². The molecule has 106 valence electrons. The van der Waals surface area contributed by atoms with E-state index < -0.39 is 20.7 Å². The van der Waals surface area contributed by atoms with Crippen LogP contribution >= 0.6 is 27.7 Å². The van der Waals surface area contributed by atoms with E-state index in [1.54, 1.807) is 11.8 Å². The maximum absolute atomic E-state index is 13.8. The SMILES string of the molecule is Nc1cc(S(=O)(=O)NC2CCCSC2)c(F)cc1Br. The van der Waals surface area contributed by atoms with Crippen molar-refractivity contribution in [1.82, 2.24) is 4.72 Å². The highest BCUT2D eigenvalue weighted by Crippen LogP contribution is 2.27. The number of hydrogen-bond acceptors (Lipinski definition) is 4. The maximum Gasteiger partial charge on any atom is 0.243 e. The zero-order chi connectivity index (χ0) is 14.0. The van der Waals surface area contributed by atoms with Crippen LogP contribution in [0.15, 0.2) is 21.5 Å². The molecule has 0 bridgehead atoms. The molecule has 1 aromatic carbocycles.